The number of hydrogen-bond donors (Lipinski definition) is 1. The van der Waals surface area contributed by atoms with Crippen molar-refractivity contribution in [2.75, 3.05) is 13.1 Å². The third-order valence-corrected chi connectivity index (χ3v) is 6.08. The molecule has 1 spiro atoms. The van der Waals surface area contributed by atoms with Crippen LogP contribution in [0.4, 0.5) is 0 Å². The number of fused-ring (bicyclic) bond motifs is 1. The van der Waals surface area contributed by atoms with Crippen molar-refractivity contribution in [3.8, 4) is 0 Å². The molecule has 2 heterocycles. The van der Waals surface area contributed by atoms with Crippen LogP contribution in [0.25, 0.3) is 0 Å². The lowest BCUT2D eigenvalue weighted by molar-refractivity contribution is -0.00845. The van der Waals surface area contributed by atoms with Crippen LogP contribution in [-0.4, -0.2) is 36.1 Å². The van der Waals surface area contributed by atoms with Crippen molar-refractivity contribution in [2.24, 2.45) is 5.41 Å². The molecule has 0 bridgehead atoms. The van der Waals surface area contributed by atoms with Gasteiger partial charge in [-0.3, -0.25) is 4.90 Å². The Morgan fingerprint density at radius 3 is 2.59 bits per heavy atom. The molecule has 17 heavy (non-hydrogen) atoms. The number of nitrogens with one attached hydrogen (secondary N) is 1. The van der Waals surface area contributed by atoms with Crippen molar-refractivity contribution in [1.29, 1.82) is 0 Å². The maximum Gasteiger partial charge on any atom is 0.0249 e. The van der Waals surface area contributed by atoms with E-state index >= 15 is 0 Å². The molecule has 2 nitrogen and oxygen atoms in total. The SMILES string of the molecule is C1CCN2CCC(NC3CC4(CCC4)C3)C2C1. The Hall–Kier alpha value is -0.0800. The minimum atomic E-state index is 0.831. The molecular formula is C15H26N2. The van der Waals surface area contributed by atoms with Gasteiger partial charge in [0.1, 0.15) is 0 Å². The number of piperidine rings is 1. The third kappa shape index (κ3) is 1.76. The highest BCUT2D eigenvalue weighted by molar-refractivity contribution is 5.05. The predicted octanol–water partition coefficient (Wildman–Crippen LogP) is 2.54. The van der Waals surface area contributed by atoms with Gasteiger partial charge < -0.3 is 5.32 Å². The Kier molecular flexibility index (Phi) is 2.52. The average molecular weight is 234 g/mol. The zero-order valence-corrected chi connectivity index (χ0v) is 11.0. The van der Waals surface area contributed by atoms with Crippen LogP contribution >= 0.6 is 0 Å². The third-order valence-electron chi connectivity index (χ3n) is 6.08. The molecule has 2 atom stereocenters. The van der Waals surface area contributed by atoms with Crippen LogP contribution in [0.3, 0.4) is 0 Å². The van der Waals surface area contributed by atoms with Gasteiger partial charge in [-0.1, -0.05) is 12.8 Å². The minimum Gasteiger partial charge on any atom is -0.310 e. The van der Waals surface area contributed by atoms with Gasteiger partial charge in [-0.2, -0.15) is 0 Å². The van der Waals surface area contributed by atoms with E-state index in [2.05, 4.69) is 10.2 Å². The van der Waals surface area contributed by atoms with E-state index in [9.17, 15) is 0 Å². The quantitative estimate of drug-likeness (QED) is 0.790. The van der Waals surface area contributed by atoms with Crippen molar-refractivity contribution < 1.29 is 0 Å². The summed E-state index contributed by atoms with van der Waals surface area (Å²) in [5.41, 5.74) is 0.836. The zero-order chi connectivity index (χ0) is 11.3. The Morgan fingerprint density at radius 1 is 0.941 bits per heavy atom. The molecule has 0 aromatic heterocycles. The first-order valence-electron chi connectivity index (χ1n) is 7.85. The molecule has 2 saturated carbocycles. The first-order chi connectivity index (χ1) is 8.35. The van der Waals surface area contributed by atoms with Gasteiger partial charge in [0.15, 0.2) is 0 Å². The molecule has 2 aliphatic heterocycles. The van der Waals surface area contributed by atoms with Crippen LogP contribution in [-0.2, 0) is 0 Å². The predicted molar refractivity (Wildman–Crippen MR) is 70.1 cm³/mol. The summed E-state index contributed by atoms with van der Waals surface area (Å²) in [7, 11) is 0. The van der Waals surface area contributed by atoms with Crippen molar-refractivity contribution in [3.63, 3.8) is 0 Å². The lowest BCUT2D eigenvalue weighted by atomic mass is 9.54. The molecule has 96 valence electrons. The van der Waals surface area contributed by atoms with Gasteiger partial charge in [-0.15, -0.1) is 0 Å². The van der Waals surface area contributed by atoms with Gasteiger partial charge in [0, 0.05) is 24.7 Å². The number of hydrogen-bond acceptors (Lipinski definition) is 2. The van der Waals surface area contributed by atoms with E-state index in [1.807, 2.05) is 0 Å². The summed E-state index contributed by atoms with van der Waals surface area (Å²) in [5, 5.41) is 4.00. The fourth-order valence-corrected chi connectivity index (χ4v) is 4.93. The summed E-state index contributed by atoms with van der Waals surface area (Å²) in [4.78, 5) is 2.75. The molecule has 2 aliphatic carbocycles. The van der Waals surface area contributed by atoms with Crippen molar-refractivity contribution in [1.82, 2.24) is 10.2 Å². The highest BCUT2D eigenvalue weighted by Crippen LogP contribution is 2.56. The second-order valence-electron chi connectivity index (χ2n) is 7.12. The lowest BCUT2D eigenvalue weighted by Crippen LogP contribution is -2.57. The van der Waals surface area contributed by atoms with E-state index in [4.69, 9.17) is 0 Å². The Balaban J connectivity index is 1.31. The first-order valence-corrected chi connectivity index (χ1v) is 7.85. The van der Waals surface area contributed by atoms with E-state index in [1.54, 1.807) is 0 Å². The van der Waals surface area contributed by atoms with Gasteiger partial charge in [0.25, 0.3) is 0 Å². The van der Waals surface area contributed by atoms with Crippen molar-refractivity contribution in [3.05, 3.63) is 0 Å². The molecule has 0 aromatic carbocycles. The molecule has 2 heteroatoms. The summed E-state index contributed by atoms with van der Waals surface area (Å²) < 4.78 is 0. The van der Waals surface area contributed by atoms with Gasteiger partial charge in [0.2, 0.25) is 0 Å². The van der Waals surface area contributed by atoms with Crippen LogP contribution in [0.5, 0.6) is 0 Å². The van der Waals surface area contributed by atoms with Crippen molar-refractivity contribution >= 4 is 0 Å². The van der Waals surface area contributed by atoms with E-state index in [1.165, 1.54) is 70.9 Å². The molecule has 0 radical (unpaired) electrons. The molecule has 4 fully saturated rings. The Labute approximate surface area is 105 Å². The van der Waals surface area contributed by atoms with E-state index in [0.717, 1.165) is 23.5 Å². The molecule has 0 aromatic rings. The van der Waals surface area contributed by atoms with Gasteiger partial charge >= 0.3 is 0 Å². The molecule has 1 N–H and O–H groups in total. The lowest BCUT2D eigenvalue weighted by Gasteiger charge is -2.55. The standard InChI is InChI=1S/C15H26N2/c1-2-8-17-9-5-13(14(17)4-1)16-12-10-15(11-12)6-3-7-15/h12-14,16H,1-11H2. The van der Waals surface area contributed by atoms with Crippen LogP contribution in [0.2, 0.25) is 0 Å². The molecule has 2 unspecified atom stereocenters. The van der Waals surface area contributed by atoms with E-state index in [0.29, 0.717) is 0 Å². The average Bonchev–Trinajstić information content (AvgIpc) is 2.64. The van der Waals surface area contributed by atoms with E-state index in [-0.39, 0.29) is 0 Å². The van der Waals surface area contributed by atoms with Crippen molar-refractivity contribution in [2.45, 2.75) is 75.9 Å². The Bertz CT molecular complexity index is 289. The zero-order valence-electron chi connectivity index (χ0n) is 11.0. The Morgan fingerprint density at radius 2 is 1.82 bits per heavy atom. The van der Waals surface area contributed by atoms with Gasteiger partial charge in [0.05, 0.1) is 0 Å². The van der Waals surface area contributed by atoms with Gasteiger partial charge in [-0.05, 0) is 56.9 Å². The molecular weight excluding hydrogens is 208 g/mol. The largest absolute Gasteiger partial charge is 0.310 e. The summed E-state index contributed by atoms with van der Waals surface area (Å²) >= 11 is 0. The smallest absolute Gasteiger partial charge is 0.0249 e. The summed E-state index contributed by atoms with van der Waals surface area (Å²) in [5.74, 6) is 0. The monoisotopic (exact) mass is 234 g/mol. The van der Waals surface area contributed by atoms with Crippen LogP contribution in [0.15, 0.2) is 0 Å². The number of rotatable bonds is 2. The maximum absolute atomic E-state index is 4.00. The second kappa shape index (κ2) is 3.96. The van der Waals surface area contributed by atoms with Crippen LogP contribution < -0.4 is 5.32 Å². The van der Waals surface area contributed by atoms with E-state index < -0.39 is 0 Å². The molecule has 4 aliphatic rings. The number of nitrogens with zero attached hydrogens (tertiary/aromatic N) is 1. The second-order valence-corrected chi connectivity index (χ2v) is 7.12. The maximum atomic E-state index is 4.00. The highest BCUT2D eigenvalue weighted by Gasteiger charge is 2.49. The van der Waals surface area contributed by atoms with Crippen LogP contribution in [0.1, 0.15) is 57.8 Å². The summed E-state index contributed by atoms with van der Waals surface area (Å²) in [6, 6.07) is 2.60. The summed E-state index contributed by atoms with van der Waals surface area (Å²) in [6.45, 7) is 2.73. The topological polar surface area (TPSA) is 15.3 Å². The first kappa shape index (κ1) is 10.8. The molecule has 4 rings (SSSR count). The summed E-state index contributed by atoms with van der Waals surface area (Å²) in [6.07, 6.45) is 13.3. The normalized spacial score (nSPS) is 40.9. The van der Waals surface area contributed by atoms with Gasteiger partial charge in [-0.25, -0.2) is 0 Å². The highest BCUT2D eigenvalue weighted by atomic mass is 15.2. The molecule has 0 amide bonds. The molecule has 2 saturated heterocycles. The minimum absolute atomic E-state index is 0.831. The fourth-order valence-electron chi connectivity index (χ4n) is 4.93. The van der Waals surface area contributed by atoms with Crippen LogP contribution in [0, 0.1) is 5.41 Å². The fraction of sp³-hybridized carbons (Fsp3) is 1.00.